The van der Waals surface area contributed by atoms with Crippen molar-refractivity contribution in [3.8, 4) is 5.75 Å². The number of nitrogens with one attached hydrogen (secondary N) is 1. The number of halogens is 2. The van der Waals surface area contributed by atoms with E-state index in [9.17, 15) is 9.18 Å². The fraction of sp³-hybridized carbons (Fsp3) is 0.286. The topological polar surface area (TPSA) is 69.0 Å². The van der Waals surface area contributed by atoms with Gasteiger partial charge in [-0.1, -0.05) is 35.5 Å². The Balaban J connectivity index is 1.61. The Hall–Kier alpha value is -2.58. The van der Waals surface area contributed by atoms with Crippen molar-refractivity contribution in [3.05, 3.63) is 64.2 Å². The maximum Gasteiger partial charge on any atom is 0.234 e. The van der Waals surface area contributed by atoms with Crippen LogP contribution in [0.2, 0.25) is 5.02 Å². The molecule has 0 saturated carbocycles. The lowest BCUT2D eigenvalue weighted by molar-refractivity contribution is -0.113. The molecule has 0 radical (unpaired) electrons. The zero-order chi connectivity index (χ0) is 21.7. The summed E-state index contributed by atoms with van der Waals surface area (Å²) in [6, 6.07) is 9.80. The lowest BCUT2D eigenvalue weighted by Gasteiger charge is -2.11. The molecule has 0 aliphatic rings. The van der Waals surface area contributed by atoms with Gasteiger partial charge >= 0.3 is 0 Å². The largest absolute Gasteiger partial charge is 0.486 e. The molecule has 6 nitrogen and oxygen atoms in total. The van der Waals surface area contributed by atoms with Crippen LogP contribution in [0.5, 0.6) is 5.75 Å². The van der Waals surface area contributed by atoms with Crippen LogP contribution in [0.25, 0.3) is 0 Å². The van der Waals surface area contributed by atoms with Crippen molar-refractivity contribution in [3.63, 3.8) is 0 Å². The van der Waals surface area contributed by atoms with E-state index >= 15 is 0 Å². The number of aromatic nitrogens is 3. The fourth-order valence-corrected chi connectivity index (χ4v) is 3.80. The number of carbonyl (C=O) groups excluding carboxylic acids is 1. The number of thioether (sulfide) groups is 1. The van der Waals surface area contributed by atoms with E-state index < -0.39 is 5.82 Å². The summed E-state index contributed by atoms with van der Waals surface area (Å²) in [6.45, 7) is 6.69. The maximum atomic E-state index is 13.7. The Labute approximate surface area is 183 Å². The van der Waals surface area contributed by atoms with E-state index in [2.05, 4.69) is 15.5 Å². The van der Waals surface area contributed by atoms with Crippen molar-refractivity contribution in [2.24, 2.45) is 0 Å². The second kappa shape index (κ2) is 9.95. The number of carbonyl (C=O) groups is 1. The summed E-state index contributed by atoms with van der Waals surface area (Å²) in [6.07, 6.45) is 0. The Morgan fingerprint density at radius 2 is 1.93 bits per heavy atom. The average molecular weight is 449 g/mol. The van der Waals surface area contributed by atoms with Crippen molar-refractivity contribution in [1.29, 1.82) is 0 Å². The normalized spacial score (nSPS) is 10.8. The van der Waals surface area contributed by atoms with E-state index in [1.807, 2.05) is 37.5 Å². The summed E-state index contributed by atoms with van der Waals surface area (Å²) in [7, 11) is 0. The summed E-state index contributed by atoms with van der Waals surface area (Å²) < 4.78 is 21.4. The number of ether oxygens (including phenoxy) is 1. The lowest BCUT2D eigenvalue weighted by atomic mass is 10.1. The third-order valence-electron chi connectivity index (χ3n) is 4.37. The van der Waals surface area contributed by atoms with Crippen LogP contribution in [0.1, 0.15) is 23.9 Å². The van der Waals surface area contributed by atoms with Gasteiger partial charge in [-0.25, -0.2) is 4.39 Å². The van der Waals surface area contributed by atoms with Crippen molar-refractivity contribution < 1.29 is 13.9 Å². The van der Waals surface area contributed by atoms with Gasteiger partial charge in [0.15, 0.2) is 11.0 Å². The number of amides is 1. The molecule has 0 atom stereocenters. The third kappa shape index (κ3) is 5.31. The van der Waals surface area contributed by atoms with Crippen LogP contribution in [0.15, 0.2) is 41.6 Å². The highest BCUT2D eigenvalue weighted by Crippen LogP contribution is 2.26. The first-order valence-electron chi connectivity index (χ1n) is 9.37. The molecule has 158 valence electrons. The standard InChI is InChI=1S/C21H22ClFN4O2S/c1-4-27-18(11-29-15-9-13(2)20(22)14(3)10-15)25-26-21(27)30-12-19(28)24-17-8-6-5-7-16(17)23/h5-10H,4,11-12H2,1-3H3,(H,24,28). The Kier molecular flexibility index (Phi) is 7.33. The first-order chi connectivity index (χ1) is 14.4. The van der Waals surface area contributed by atoms with Crippen molar-refractivity contribution in [1.82, 2.24) is 14.8 Å². The maximum absolute atomic E-state index is 13.7. The molecule has 0 fully saturated rings. The summed E-state index contributed by atoms with van der Waals surface area (Å²) >= 11 is 7.44. The highest BCUT2D eigenvalue weighted by molar-refractivity contribution is 7.99. The first kappa shape index (κ1) is 22.1. The van der Waals surface area contributed by atoms with Crippen molar-refractivity contribution >= 4 is 35.0 Å². The summed E-state index contributed by atoms with van der Waals surface area (Å²) in [5, 5.41) is 12.2. The molecular weight excluding hydrogens is 427 g/mol. The molecule has 3 aromatic rings. The Morgan fingerprint density at radius 3 is 2.60 bits per heavy atom. The second-order valence-corrected chi connectivity index (χ2v) is 7.94. The number of hydrogen-bond donors (Lipinski definition) is 1. The van der Waals surface area contributed by atoms with Crippen LogP contribution in [0.3, 0.4) is 0 Å². The predicted molar refractivity (Wildman–Crippen MR) is 117 cm³/mol. The van der Waals surface area contributed by atoms with E-state index in [4.69, 9.17) is 16.3 Å². The van der Waals surface area contributed by atoms with E-state index in [0.29, 0.717) is 23.3 Å². The molecule has 0 saturated heterocycles. The van der Waals surface area contributed by atoms with Crippen LogP contribution in [0.4, 0.5) is 10.1 Å². The molecule has 0 unspecified atom stereocenters. The van der Waals surface area contributed by atoms with Gasteiger partial charge in [-0.15, -0.1) is 10.2 Å². The van der Waals surface area contributed by atoms with Crippen LogP contribution < -0.4 is 10.1 Å². The van der Waals surface area contributed by atoms with E-state index in [0.717, 1.165) is 16.1 Å². The molecule has 0 bridgehead atoms. The van der Waals surface area contributed by atoms with E-state index in [1.54, 1.807) is 12.1 Å². The summed E-state index contributed by atoms with van der Waals surface area (Å²) in [5.41, 5.74) is 2.05. The monoisotopic (exact) mass is 448 g/mol. The molecule has 30 heavy (non-hydrogen) atoms. The lowest BCUT2D eigenvalue weighted by Crippen LogP contribution is -2.15. The molecule has 0 aliphatic carbocycles. The molecule has 9 heteroatoms. The number of rotatable bonds is 8. The minimum absolute atomic E-state index is 0.0862. The highest BCUT2D eigenvalue weighted by Gasteiger charge is 2.15. The number of para-hydroxylation sites is 1. The van der Waals surface area contributed by atoms with E-state index in [1.165, 1.54) is 23.9 Å². The first-order valence-corrected chi connectivity index (χ1v) is 10.7. The van der Waals surface area contributed by atoms with E-state index in [-0.39, 0.29) is 24.0 Å². The van der Waals surface area contributed by atoms with Gasteiger partial charge in [-0.05, 0) is 56.2 Å². The number of nitrogens with zero attached hydrogens (tertiary/aromatic N) is 3. The number of benzene rings is 2. The summed E-state index contributed by atoms with van der Waals surface area (Å²) in [4.78, 5) is 12.2. The average Bonchev–Trinajstić information content (AvgIpc) is 3.12. The Morgan fingerprint density at radius 1 is 1.23 bits per heavy atom. The Bertz CT molecular complexity index is 1030. The van der Waals surface area contributed by atoms with Gasteiger partial charge in [-0.2, -0.15) is 0 Å². The van der Waals surface area contributed by atoms with Crippen LogP contribution in [-0.4, -0.2) is 26.4 Å². The SMILES string of the molecule is CCn1c(COc2cc(C)c(Cl)c(C)c2)nnc1SCC(=O)Nc1ccccc1F. The van der Waals surface area contributed by atoms with Gasteiger partial charge in [-0.3, -0.25) is 4.79 Å². The summed E-state index contributed by atoms with van der Waals surface area (Å²) in [5.74, 6) is 0.654. The molecular formula is C21H22ClFN4O2S. The van der Waals surface area contributed by atoms with Crippen molar-refractivity contribution in [2.45, 2.75) is 39.1 Å². The molecule has 1 aromatic heterocycles. The zero-order valence-corrected chi connectivity index (χ0v) is 18.5. The molecule has 2 aromatic carbocycles. The van der Waals surface area contributed by atoms with Crippen LogP contribution in [-0.2, 0) is 17.9 Å². The molecule has 1 heterocycles. The number of anilines is 1. The molecule has 3 rings (SSSR count). The van der Waals surface area contributed by atoms with Crippen LogP contribution >= 0.6 is 23.4 Å². The molecule has 0 aliphatic heterocycles. The fourth-order valence-electron chi connectivity index (χ4n) is 2.87. The van der Waals surface area contributed by atoms with Gasteiger partial charge < -0.3 is 14.6 Å². The molecule has 1 amide bonds. The quantitative estimate of drug-likeness (QED) is 0.490. The predicted octanol–water partition coefficient (Wildman–Crippen LogP) is 5.02. The van der Waals surface area contributed by atoms with Gasteiger partial charge in [0, 0.05) is 11.6 Å². The third-order valence-corrected chi connectivity index (χ3v) is 5.93. The smallest absolute Gasteiger partial charge is 0.234 e. The van der Waals surface area contributed by atoms with Gasteiger partial charge in [0.2, 0.25) is 5.91 Å². The van der Waals surface area contributed by atoms with Gasteiger partial charge in [0.25, 0.3) is 0 Å². The highest BCUT2D eigenvalue weighted by atomic mass is 35.5. The van der Waals surface area contributed by atoms with Gasteiger partial charge in [0.1, 0.15) is 18.2 Å². The molecule has 0 spiro atoms. The van der Waals surface area contributed by atoms with Crippen molar-refractivity contribution in [2.75, 3.05) is 11.1 Å². The van der Waals surface area contributed by atoms with Crippen LogP contribution in [0, 0.1) is 19.7 Å². The van der Waals surface area contributed by atoms with Gasteiger partial charge in [0.05, 0.1) is 11.4 Å². The zero-order valence-electron chi connectivity index (χ0n) is 16.9. The second-order valence-electron chi connectivity index (χ2n) is 6.62. The number of hydrogen-bond acceptors (Lipinski definition) is 5. The minimum Gasteiger partial charge on any atom is -0.486 e. The molecule has 1 N–H and O–H groups in total. The minimum atomic E-state index is -0.473. The number of aryl methyl sites for hydroxylation is 2.